The van der Waals surface area contributed by atoms with Gasteiger partial charge < -0.3 is 14.4 Å². The summed E-state index contributed by atoms with van der Waals surface area (Å²) in [4.78, 5) is 25.5. The Morgan fingerprint density at radius 3 is 2.17 bits per heavy atom. The van der Waals surface area contributed by atoms with Gasteiger partial charge in [-0.05, 0) is 53.7 Å². The van der Waals surface area contributed by atoms with Gasteiger partial charge in [0.15, 0.2) is 0 Å². The largest absolute Gasteiger partial charge is 0.447 e. The molecule has 1 aromatic carbocycles. The minimum atomic E-state index is -0.547. The lowest BCUT2D eigenvalue weighted by Gasteiger charge is -2.29. The molecule has 0 heterocycles. The Kier molecular flexibility index (Phi) is 6.88. The van der Waals surface area contributed by atoms with Gasteiger partial charge in [-0.25, -0.2) is 9.59 Å². The zero-order valence-corrected chi connectivity index (χ0v) is 14.6. The number of carbonyl (C=O) groups is 2. The van der Waals surface area contributed by atoms with Crippen LogP contribution in [0.5, 0.6) is 5.75 Å². The fourth-order valence-corrected chi connectivity index (χ4v) is 2.17. The normalized spacial score (nSPS) is 10.8. The third-order valence-corrected chi connectivity index (χ3v) is 2.95. The molecule has 0 saturated carbocycles. The molecule has 0 radical (unpaired) electrons. The maximum absolute atomic E-state index is 12.3. The van der Waals surface area contributed by atoms with Crippen LogP contribution in [0.1, 0.15) is 41.5 Å². The SMILES string of the molecule is CC(C)OC(=O)Nc1cccc(OC(=O)N(C(C)C)C(C)C)c1. The second-order valence-electron chi connectivity index (χ2n) is 6.07. The Morgan fingerprint density at radius 1 is 1.04 bits per heavy atom. The summed E-state index contributed by atoms with van der Waals surface area (Å²) in [6.07, 6.45) is -1.17. The van der Waals surface area contributed by atoms with Crippen LogP contribution in [-0.2, 0) is 4.74 Å². The lowest BCUT2D eigenvalue weighted by atomic mass is 10.2. The molecule has 0 aromatic heterocycles. The van der Waals surface area contributed by atoms with Gasteiger partial charge in [0, 0.05) is 23.8 Å². The molecule has 2 amide bonds. The lowest BCUT2D eigenvalue weighted by Crippen LogP contribution is -2.43. The third-order valence-electron chi connectivity index (χ3n) is 2.95. The van der Waals surface area contributed by atoms with Crippen LogP contribution >= 0.6 is 0 Å². The van der Waals surface area contributed by atoms with E-state index in [2.05, 4.69) is 5.32 Å². The van der Waals surface area contributed by atoms with Crippen molar-refractivity contribution in [3.8, 4) is 5.75 Å². The van der Waals surface area contributed by atoms with Crippen LogP contribution in [0.4, 0.5) is 15.3 Å². The molecular weight excluding hydrogens is 296 g/mol. The van der Waals surface area contributed by atoms with Gasteiger partial charge >= 0.3 is 12.2 Å². The van der Waals surface area contributed by atoms with Crippen molar-refractivity contribution < 1.29 is 19.1 Å². The van der Waals surface area contributed by atoms with E-state index in [9.17, 15) is 9.59 Å². The van der Waals surface area contributed by atoms with Gasteiger partial charge in [-0.1, -0.05) is 6.07 Å². The van der Waals surface area contributed by atoms with E-state index < -0.39 is 12.2 Å². The average Bonchev–Trinajstić information content (AvgIpc) is 2.36. The molecule has 6 heteroatoms. The molecule has 23 heavy (non-hydrogen) atoms. The average molecular weight is 322 g/mol. The molecule has 0 spiro atoms. The molecule has 0 bridgehead atoms. The summed E-state index contributed by atoms with van der Waals surface area (Å²) in [6, 6.07) is 6.70. The monoisotopic (exact) mass is 322 g/mol. The first kappa shape index (κ1) is 18.8. The van der Waals surface area contributed by atoms with E-state index in [0.29, 0.717) is 11.4 Å². The summed E-state index contributed by atoms with van der Waals surface area (Å²) >= 11 is 0. The summed E-state index contributed by atoms with van der Waals surface area (Å²) in [5.41, 5.74) is 0.501. The minimum absolute atomic E-state index is 0.0322. The number of benzene rings is 1. The molecule has 1 N–H and O–H groups in total. The number of anilines is 1. The standard InChI is InChI=1S/C17H26N2O4/c1-11(2)19(12(3)4)17(21)23-15-9-7-8-14(10-15)18-16(20)22-13(5)6/h7-13H,1-6H3,(H,18,20). The van der Waals surface area contributed by atoms with Crippen LogP contribution in [-0.4, -0.2) is 35.3 Å². The van der Waals surface area contributed by atoms with Crippen LogP contribution in [0.3, 0.4) is 0 Å². The number of rotatable bonds is 5. The minimum Gasteiger partial charge on any atom is -0.447 e. The number of ether oxygens (including phenoxy) is 2. The van der Waals surface area contributed by atoms with E-state index >= 15 is 0 Å². The molecule has 0 aliphatic heterocycles. The number of nitrogens with one attached hydrogen (secondary N) is 1. The second kappa shape index (κ2) is 8.41. The summed E-state index contributed by atoms with van der Waals surface area (Å²) in [6.45, 7) is 11.3. The topological polar surface area (TPSA) is 67.9 Å². The molecule has 0 atom stereocenters. The van der Waals surface area contributed by atoms with Gasteiger partial charge in [0.1, 0.15) is 5.75 Å². The second-order valence-corrected chi connectivity index (χ2v) is 6.07. The van der Waals surface area contributed by atoms with Gasteiger partial charge in [-0.2, -0.15) is 0 Å². The third kappa shape index (κ3) is 6.18. The highest BCUT2D eigenvalue weighted by Gasteiger charge is 2.22. The Labute approximate surface area is 137 Å². The Hall–Kier alpha value is -2.24. The zero-order chi connectivity index (χ0) is 17.6. The summed E-state index contributed by atoms with van der Waals surface area (Å²) in [5.74, 6) is 0.364. The van der Waals surface area contributed by atoms with Crippen molar-refractivity contribution in [2.75, 3.05) is 5.32 Å². The van der Waals surface area contributed by atoms with Gasteiger partial charge in [-0.15, -0.1) is 0 Å². The number of hydrogen-bond acceptors (Lipinski definition) is 4. The van der Waals surface area contributed by atoms with Crippen LogP contribution in [0.15, 0.2) is 24.3 Å². The van der Waals surface area contributed by atoms with Crippen molar-refractivity contribution in [3.05, 3.63) is 24.3 Å². The highest BCUT2D eigenvalue weighted by Crippen LogP contribution is 2.19. The molecule has 0 unspecified atom stereocenters. The van der Waals surface area contributed by atoms with Gasteiger partial charge in [0.05, 0.1) is 6.10 Å². The van der Waals surface area contributed by atoms with Gasteiger partial charge in [0.25, 0.3) is 0 Å². The van der Waals surface area contributed by atoms with E-state index in [0.717, 1.165) is 0 Å². The van der Waals surface area contributed by atoms with Crippen molar-refractivity contribution in [1.82, 2.24) is 4.90 Å². The molecule has 0 fully saturated rings. The molecule has 0 saturated heterocycles. The van der Waals surface area contributed by atoms with E-state index in [-0.39, 0.29) is 18.2 Å². The molecule has 128 valence electrons. The molecule has 1 rings (SSSR count). The van der Waals surface area contributed by atoms with Crippen molar-refractivity contribution >= 4 is 17.9 Å². The Bertz CT molecular complexity index is 533. The van der Waals surface area contributed by atoms with Gasteiger partial charge in [-0.3, -0.25) is 5.32 Å². The molecular formula is C17H26N2O4. The first-order valence-electron chi connectivity index (χ1n) is 7.78. The highest BCUT2D eigenvalue weighted by atomic mass is 16.6. The van der Waals surface area contributed by atoms with E-state index in [4.69, 9.17) is 9.47 Å². The summed E-state index contributed by atoms with van der Waals surface area (Å²) in [5, 5.41) is 2.60. The van der Waals surface area contributed by atoms with Crippen molar-refractivity contribution in [3.63, 3.8) is 0 Å². The number of amides is 2. The number of hydrogen-bond donors (Lipinski definition) is 1. The Morgan fingerprint density at radius 2 is 1.65 bits per heavy atom. The van der Waals surface area contributed by atoms with Crippen LogP contribution in [0.2, 0.25) is 0 Å². The maximum Gasteiger partial charge on any atom is 0.415 e. The number of carbonyl (C=O) groups excluding carboxylic acids is 2. The Balaban J connectivity index is 2.77. The van der Waals surface area contributed by atoms with Crippen LogP contribution in [0, 0.1) is 0 Å². The lowest BCUT2D eigenvalue weighted by molar-refractivity contribution is 0.122. The quantitative estimate of drug-likeness (QED) is 0.879. The van der Waals surface area contributed by atoms with Gasteiger partial charge in [0.2, 0.25) is 0 Å². The summed E-state index contributed by atoms with van der Waals surface area (Å²) < 4.78 is 10.4. The fourth-order valence-electron chi connectivity index (χ4n) is 2.17. The summed E-state index contributed by atoms with van der Waals surface area (Å²) in [7, 11) is 0. The number of nitrogens with zero attached hydrogens (tertiary/aromatic N) is 1. The van der Waals surface area contributed by atoms with E-state index in [1.54, 1.807) is 43.0 Å². The molecule has 6 nitrogen and oxygen atoms in total. The smallest absolute Gasteiger partial charge is 0.415 e. The highest BCUT2D eigenvalue weighted by molar-refractivity contribution is 5.85. The van der Waals surface area contributed by atoms with Crippen molar-refractivity contribution in [2.45, 2.75) is 59.7 Å². The first-order chi connectivity index (χ1) is 10.7. The van der Waals surface area contributed by atoms with Crippen molar-refractivity contribution in [1.29, 1.82) is 0 Å². The zero-order valence-electron chi connectivity index (χ0n) is 14.6. The maximum atomic E-state index is 12.3. The van der Waals surface area contributed by atoms with Crippen molar-refractivity contribution in [2.24, 2.45) is 0 Å². The molecule has 0 aliphatic rings. The fraction of sp³-hybridized carbons (Fsp3) is 0.529. The van der Waals surface area contributed by atoms with Crippen LogP contribution in [0.25, 0.3) is 0 Å². The van der Waals surface area contributed by atoms with Crippen LogP contribution < -0.4 is 10.1 Å². The predicted octanol–water partition coefficient (Wildman–Crippen LogP) is 4.26. The predicted molar refractivity (Wildman–Crippen MR) is 89.8 cm³/mol. The first-order valence-corrected chi connectivity index (χ1v) is 7.78. The molecule has 0 aliphatic carbocycles. The van der Waals surface area contributed by atoms with E-state index in [1.807, 2.05) is 27.7 Å². The molecule has 1 aromatic rings. The van der Waals surface area contributed by atoms with E-state index in [1.165, 1.54) is 0 Å².